The molecule has 0 radical (unpaired) electrons. The van der Waals surface area contributed by atoms with Gasteiger partial charge in [0.25, 0.3) is 0 Å². The minimum atomic E-state index is -1.21. The number of hydrogen-bond donors (Lipinski definition) is 3. The van der Waals surface area contributed by atoms with Gasteiger partial charge in [-0.05, 0) is 35.4 Å². The molecule has 0 bridgehead atoms. The summed E-state index contributed by atoms with van der Waals surface area (Å²) in [5.74, 6) is -1.67. The molecule has 0 amide bonds. The average molecular weight is 398 g/mol. The number of rotatable bonds is 6. The molecule has 0 fully saturated rings. The van der Waals surface area contributed by atoms with Crippen LogP contribution in [0.2, 0.25) is 0 Å². The molecule has 29 heavy (non-hydrogen) atoms. The van der Waals surface area contributed by atoms with Crippen LogP contribution in [0.15, 0.2) is 35.0 Å². The van der Waals surface area contributed by atoms with Crippen LogP contribution in [-0.2, 0) is 19.5 Å². The van der Waals surface area contributed by atoms with Crippen molar-refractivity contribution in [1.82, 2.24) is 15.5 Å². The molecule has 9 heteroatoms. The molecule has 4 rings (SSSR count). The molecule has 1 aromatic carbocycles. The van der Waals surface area contributed by atoms with E-state index in [1.165, 1.54) is 25.3 Å². The van der Waals surface area contributed by atoms with Gasteiger partial charge in [0.1, 0.15) is 0 Å². The van der Waals surface area contributed by atoms with E-state index in [4.69, 9.17) is 9.26 Å². The van der Waals surface area contributed by atoms with Gasteiger partial charge in [0, 0.05) is 43.5 Å². The normalized spacial score (nSPS) is 13.0. The van der Waals surface area contributed by atoms with Crippen LogP contribution in [0.25, 0.3) is 11.3 Å². The second kappa shape index (κ2) is 7.88. The minimum Gasteiger partial charge on any atom is -0.494 e. The molecule has 3 N–H and O–H groups in total. The molecule has 0 saturated carbocycles. The number of benzene rings is 1. The molecule has 0 unspecified atom stereocenters. The lowest BCUT2D eigenvalue weighted by atomic mass is 10.1. The first kappa shape index (κ1) is 18.9. The van der Waals surface area contributed by atoms with Crippen molar-refractivity contribution in [3.8, 4) is 17.1 Å². The molecule has 0 aliphatic carbocycles. The van der Waals surface area contributed by atoms with Gasteiger partial charge in [-0.2, -0.15) is 0 Å². The Morgan fingerprint density at radius 1 is 1.41 bits per heavy atom. The van der Waals surface area contributed by atoms with Gasteiger partial charge in [0.2, 0.25) is 0 Å². The summed E-state index contributed by atoms with van der Waals surface area (Å²) in [5, 5.41) is 19.8. The molecule has 1 aliphatic heterocycles. The van der Waals surface area contributed by atoms with Crippen molar-refractivity contribution in [2.24, 2.45) is 0 Å². The summed E-state index contributed by atoms with van der Waals surface area (Å²) in [4.78, 5) is 16.3. The van der Waals surface area contributed by atoms with Crippen LogP contribution in [-0.4, -0.2) is 34.9 Å². The molecule has 0 spiro atoms. The van der Waals surface area contributed by atoms with Crippen molar-refractivity contribution in [2.45, 2.75) is 19.5 Å². The van der Waals surface area contributed by atoms with Gasteiger partial charge in [0.05, 0.1) is 7.11 Å². The monoisotopic (exact) mass is 398 g/mol. The third kappa shape index (κ3) is 3.77. The fraction of sp³-hybridized carbons (Fsp3) is 0.250. The number of halogens is 1. The van der Waals surface area contributed by atoms with Gasteiger partial charge in [0.15, 0.2) is 28.7 Å². The molecule has 0 atom stereocenters. The topological polar surface area (TPSA) is 110 Å². The summed E-state index contributed by atoms with van der Waals surface area (Å²) in [6, 6.07) is 6.00. The molecule has 1 aliphatic rings. The van der Waals surface area contributed by atoms with Gasteiger partial charge >= 0.3 is 5.97 Å². The molecule has 150 valence electrons. The number of aromatic carboxylic acids is 1. The van der Waals surface area contributed by atoms with Crippen molar-refractivity contribution < 1.29 is 23.6 Å². The smallest absolute Gasteiger partial charge is 0.343 e. The van der Waals surface area contributed by atoms with Crippen molar-refractivity contribution in [3.63, 3.8) is 0 Å². The van der Waals surface area contributed by atoms with Crippen molar-refractivity contribution in [1.29, 1.82) is 0 Å². The highest BCUT2D eigenvalue weighted by Crippen LogP contribution is 2.32. The van der Waals surface area contributed by atoms with Gasteiger partial charge in [-0.3, -0.25) is 4.98 Å². The lowest BCUT2D eigenvalue weighted by Gasteiger charge is -2.16. The molecule has 3 heterocycles. The van der Waals surface area contributed by atoms with Crippen molar-refractivity contribution >= 4 is 11.8 Å². The Hall–Kier alpha value is -3.46. The Labute approximate surface area is 165 Å². The molecule has 8 nitrogen and oxygen atoms in total. The van der Waals surface area contributed by atoms with E-state index in [2.05, 4.69) is 20.8 Å². The quantitative estimate of drug-likeness (QED) is 0.582. The van der Waals surface area contributed by atoms with E-state index < -0.39 is 11.8 Å². The summed E-state index contributed by atoms with van der Waals surface area (Å²) in [6.45, 7) is 2.01. The van der Waals surface area contributed by atoms with E-state index in [1.807, 2.05) is 6.07 Å². The maximum Gasteiger partial charge on any atom is 0.343 e. The van der Waals surface area contributed by atoms with Crippen LogP contribution >= 0.6 is 0 Å². The maximum absolute atomic E-state index is 13.7. The van der Waals surface area contributed by atoms with Crippen molar-refractivity contribution in [2.75, 3.05) is 19.0 Å². The van der Waals surface area contributed by atoms with E-state index in [0.29, 0.717) is 12.1 Å². The number of carboxylic acid groups (broad SMARTS) is 1. The first-order valence-corrected chi connectivity index (χ1v) is 9.05. The van der Waals surface area contributed by atoms with Crippen LogP contribution in [0.5, 0.6) is 5.75 Å². The van der Waals surface area contributed by atoms with E-state index >= 15 is 0 Å². The number of methoxy groups -OCH3 is 1. The van der Waals surface area contributed by atoms with Crippen molar-refractivity contribution in [3.05, 3.63) is 58.7 Å². The fourth-order valence-electron chi connectivity index (χ4n) is 3.29. The fourth-order valence-corrected chi connectivity index (χ4v) is 3.29. The SMILES string of the molecule is COc1cc(-c2onc(NCc3cnc4c(c3)CNCC4)c2C(=O)O)ccc1F. The predicted molar refractivity (Wildman–Crippen MR) is 102 cm³/mol. The predicted octanol–water partition coefficient (Wildman–Crippen LogP) is 2.84. The van der Waals surface area contributed by atoms with Gasteiger partial charge < -0.3 is 25.0 Å². The largest absolute Gasteiger partial charge is 0.494 e. The number of carboxylic acids is 1. The summed E-state index contributed by atoms with van der Waals surface area (Å²) in [7, 11) is 1.33. The van der Waals surface area contributed by atoms with Crippen LogP contribution in [0.3, 0.4) is 0 Å². The molecular weight excluding hydrogens is 379 g/mol. The highest BCUT2D eigenvalue weighted by atomic mass is 19.1. The summed E-state index contributed by atoms with van der Waals surface area (Å²) in [6.07, 6.45) is 2.66. The first-order valence-electron chi connectivity index (χ1n) is 9.05. The lowest BCUT2D eigenvalue weighted by Crippen LogP contribution is -2.24. The summed E-state index contributed by atoms with van der Waals surface area (Å²) in [5.41, 5.74) is 3.33. The van der Waals surface area contributed by atoms with E-state index in [1.54, 1.807) is 6.20 Å². The van der Waals surface area contributed by atoms with E-state index in [-0.39, 0.29) is 22.9 Å². The standard InChI is InChI=1S/C20H19FN4O4/c1-28-16-7-12(2-3-14(16)21)18-17(20(26)27)19(25-29-18)24-9-11-6-13-10-22-5-4-15(13)23-8-11/h2-3,6-8,22H,4-5,9-10H2,1H3,(H,24,25)(H,26,27). The number of ether oxygens (including phenoxy) is 1. The van der Waals surface area contributed by atoms with E-state index in [9.17, 15) is 14.3 Å². The van der Waals surface area contributed by atoms with Gasteiger partial charge in [-0.15, -0.1) is 0 Å². The Kier molecular flexibility index (Phi) is 5.13. The summed E-state index contributed by atoms with van der Waals surface area (Å²) >= 11 is 0. The Morgan fingerprint density at radius 2 is 2.28 bits per heavy atom. The zero-order valence-corrected chi connectivity index (χ0v) is 15.7. The number of nitrogens with zero attached hydrogens (tertiary/aromatic N) is 2. The number of hydrogen-bond acceptors (Lipinski definition) is 7. The third-order valence-electron chi connectivity index (χ3n) is 4.75. The van der Waals surface area contributed by atoms with Crippen LogP contribution in [0.4, 0.5) is 10.2 Å². The Morgan fingerprint density at radius 3 is 3.07 bits per heavy atom. The maximum atomic E-state index is 13.7. The average Bonchev–Trinajstić information content (AvgIpc) is 3.17. The second-order valence-corrected chi connectivity index (χ2v) is 6.62. The number of anilines is 1. The summed E-state index contributed by atoms with van der Waals surface area (Å²) < 4.78 is 23.9. The van der Waals surface area contributed by atoms with Crippen LogP contribution < -0.4 is 15.4 Å². The highest BCUT2D eigenvalue weighted by Gasteiger charge is 2.24. The number of carbonyl (C=O) groups is 1. The van der Waals surface area contributed by atoms with Crippen LogP contribution in [0, 0.1) is 5.82 Å². The Balaban J connectivity index is 1.59. The van der Waals surface area contributed by atoms with Gasteiger partial charge in [-0.1, -0.05) is 5.16 Å². The highest BCUT2D eigenvalue weighted by molar-refractivity contribution is 5.99. The first-order chi connectivity index (χ1) is 14.1. The number of nitrogens with one attached hydrogen (secondary N) is 2. The zero-order chi connectivity index (χ0) is 20.4. The number of pyridine rings is 1. The lowest BCUT2D eigenvalue weighted by molar-refractivity contribution is 0.0698. The van der Waals surface area contributed by atoms with Crippen LogP contribution in [0.1, 0.15) is 27.2 Å². The minimum absolute atomic E-state index is 0.0153. The molecular formula is C20H19FN4O4. The molecule has 0 saturated heterocycles. The number of aromatic nitrogens is 2. The molecule has 2 aromatic heterocycles. The second-order valence-electron chi connectivity index (χ2n) is 6.62. The molecule has 3 aromatic rings. The van der Waals surface area contributed by atoms with Gasteiger partial charge in [-0.25, -0.2) is 9.18 Å². The number of fused-ring (bicyclic) bond motifs is 1. The third-order valence-corrected chi connectivity index (χ3v) is 4.75. The zero-order valence-electron chi connectivity index (χ0n) is 15.7. The Bertz CT molecular complexity index is 1070. The van der Waals surface area contributed by atoms with E-state index in [0.717, 1.165) is 36.3 Å².